The van der Waals surface area contributed by atoms with Gasteiger partial charge in [0, 0.05) is 30.2 Å². The van der Waals surface area contributed by atoms with Crippen LogP contribution >= 0.6 is 11.8 Å². The lowest BCUT2D eigenvalue weighted by Gasteiger charge is -2.39. The predicted octanol–water partition coefficient (Wildman–Crippen LogP) is 4.15. The molecular weight excluding hydrogens is 278 g/mol. The maximum absolute atomic E-state index is 6.37. The maximum Gasteiger partial charge on any atom is 0.155 e. The Labute approximate surface area is 131 Å². The minimum absolute atomic E-state index is 0.334. The molecule has 0 radical (unpaired) electrons. The molecule has 112 valence electrons. The third kappa shape index (κ3) is 3.10. The Balaban J connectivity index is 2.01. The van der Waals surface area contributed by atoms with Crippen LogP contribution < -0.4 is 5.32 Å². The van der Waals surface area contributed by atoms with Crippen LogP contribution in [0.4, 0.5) is 0 Å². The van der Waals surface area contributed by atoms with Gasteiger partial charge in [0.05, 0.1) is 0 Å². The normalized spacial score (nSPS) is 22.5. The van der Waals surface area contributed by atoms with E-state index >= 15 is 0 Å². The summed E-state index contributed by atoms with van der Waals surface area (Å²) in [7, 11) is 0. The molecule has 1 N–H and O–H groups in total. The number of nitrogens with one attached hydrogen (secondary N) is 1. The van der Waals surface area contributed by atoms with Crippen LogP contribution in [0.1, 0.15) is 25.3 Å². The van der Waals surface area contributed by atoms with Gasteiger partial charge < -0.3 is 4.74 Å². The van der Waals surface area contributed by atoms with Gasteiger partial charge in [-0.25, -0.2) is 0 Å². The fourth-order valence-electron chi connectivity index (χ4n) is 2.90. The summed E-state index contributed by atoms with van der Waals surface area (Å²) in [4.78, 5) is 0. The van der Waals surface area contributed by atoms with Gasteiger partial charge in [-0.2, -0.15) is 11.8 Å². The zero-order valence-corrected chi connectivity index (χ0v) is 13.4. The molecule has 1 aliphatic heterocycles. The summed E-state index contributed by atoms with van der Waals surface area (Å²) in [5, 5.41) is 6.24. The third-order valence-corrected chi connectivity index (χ3v) is 5.14. The van der Waals surface area contributed by atoms with Crippen molar-refractivity contribution in [2.45, 2.75) is 25.5 Å². The molecule has 0 aromatic heterocycles. The van der Waals surface area contributed by atoms with Gasteiger partial charge in [0.2, 0.25) is 0 Å². The van der Waals surface area contributed by atoms with Crippen LogP contribution in [0.25, 0.3) is 10.8 Å². The minimum Gasteiger partial charge on any atom is -0.355 e. The van der Waals surface area contributed by atoms with Crippen LogP contribution in [-0.4, -0.2) is 24.7 Å². The van der Waals surface area contributed by atoms with Crippen molar-refractivity contribution in [3.63, 3.8) is 0 Å². The van der Waals surface area contributed by atoms with Crippen LogP contribution in [0.2, 0.25) is 0 Å². The number of hydrogen-bond acceptors (Lipinski definition) is 3. The van der Waals surface area contributed by atoms with Crippen molar-refractivity contribution >= 4 is 22.5 Å². The quantitative estimate of drug-likeness (QED) is 0.838. The van der Waals surface area contributed by atoms with Crippen molar-refractivity contribution in [2.24, 2.45) is 0 Å². The van der Waals surface area contributed by atoms with E-state index in [9.17, 15) is 0 Å². The van der Waals surface area contributed by atoms with E-state index in [1.54, 1.807) is 0 Å². The monoisotopic (exact) mass is 301 g/mol. The molecule has 0 bridgehead atoms. The van der Waals surface area contributed by atoms with Crippen LogP contribution in [0.3, 0.4) is 0 Å². The highest BCUT2D eigenvalue weighted by molar-refractivity contribution is 7.99. The van der Waals surface area contributed by atoms with Crippen LogP contribution in [-0.2, 0) is 10.5 Å². The number of unbranched alkanes of at least 4 members (excludes halogenated alkanes) is 1. The number of thioether (sulfide) groups is 1. The molecule has 0 amide bonds. The van der Waals surface area contributed by atoms with E-state index in [2.05, 4.69) is 54.7 Å². The summed E-state index contributed by atoms with van der Waals surface area (Å²) >= 11 is 1.98. The average Bonchev–Trinajstić information content (AvgIpc) is 2.55. The second-order valence-corrected chi connectivity index (χ2v) is 6.64. The third-order valence-electron chi connectivity index (χ3n) is 4.03. The van der Waals surface area contributed by atoms with Crippen molar-refractivity contribution in [1.82, 2.24) is 5.32 Å². The van der Waals surface area contributed by atoms with Crippen LogP contribution in [0.5, 0.6) is 0 Å². The maximum atomic E-state index is 6.37. The molecule has 0 saturated carbocycles. The SMILES string of the molecule is CCCCOC1(c2cccc3ccccc23)CSCCN1. The van der Waals surface area contributed by atoms with Crippen LogP contribution in [0.15, 0.2) is 42.5 Å². The van der Waals surface area contributed by atoms with E-state index in [1.165, 1.54) is 22.8 Å². The topological polar surface area (TPSA) is 21.3 Å². The molecule has 1 saturated heterocycles. The Hall–Kier alpha value is -1.03. The zero-order valence-electron chi connectivity index (χ0n) is 12.6. The van der Waals surface area contributed by atoms with Crippen molar-refractivity contribution in [1.29, 1.82) is 0 Å². The Morgan fingerprint density at radius 2 is 2.05 bits per heavy atom. The van der Waals surface area contributed by atoms with E-state index < -0.39 is 0 Å². The molecule has 2 aromatic rings. The minimum atomic E-state index is -0.334. The van der Waals surface area contributed by atoms with E-state index in [0.29, 0.717) is 0 Å². The van der Waals surface area contributed by atoms with Crippen molar-refractivity contribution in [3.05, 3.63) is 48.0 Å². The molecule has 0 spiro atoms. The molecule has 2 nitrogen and oxygen atoms in total. The standard InChI is InChI=1S/C18H23NOS/c1-2-3-12-20-18(14-21-13-11-19-18)17-10-6-8-15-7-4-5-9-16(15)17/h4-10,19H,2-3,11-14H2,1H3. The molecule has 21 heavy (non-hydrogen) atoms. The summed E-state index contributed by atoms with van der Waals surface area (Å²) in [6.07, 6.45) is 2.28. The highest BCUT2D eigenvalue weighted by Gasteiger charge is 2.36. The first-order chi connectivity index (χ1) is 10.4. The molecule has 0 aliphatic carbocycles. The highest BCUT2D eigenvalue weighted by atomic mass is 32.2. The van der Waals surface area contributed by atoms with E-state index in [4.69, 9.17) is 4.74 Å². The smallest absolute Gasteiger partial charge is 0.155 e. The van der Waals surface area contributed by atoms with E-state index in [-0.39, 0.29) is 5.72 Å². The van der Waals surface area contributed by atoms with Crippen molar-refractivity contribution in [3.8, 4) is 0 Å². The first-order valence-corrected chi connectivity index (χ1v) is 8.96. The Morgan fingerprint density at radius 1 is 1.19 bits per heavy atom. The lowest BCUT2D eigenvalue weighted by Crippen LogP contribution is -2.51. The summed E-state index contributed by atoms with van der Waals surface area (Å²) in [6.45, 7) is 4.02. The second-order valence-electron chi connectivity index (χ2n) is 5.54. The van der Waals surface area contributed by atoms with Crippen molar-refractivity contribution < 1.29 is 4.74 Å². The number of rotatable bonds is 5. The largest absolute Gasteiger partial charge is 0.355 e. The lowest BCUT2D eigenvalue weighted by molar-refractivity contribution is -0.0593. The number of hydrogen-bond donors (Lipinski definition) is 1. The molecule has 1 aliphatic rings. The fourth-order valence-corrected chi connectivity index (χ4v) is 3.92. The molecule has 3 rings (SSSR count). The first kappa shape index (κ1) is 14.9. The molecule has 1 fully saturated rings. The Kier molecular flexibility index (Phi) is 4.84. The molecule has 1 heterocycles. The van der Waals surface area contributed by atoms with Gasteiger partial charge in [-0.15, -0.1) is 0 Å². The van der Waals surface area contributed by atoms with Gasteiger partial charge in [-0.1, -0.05) is 55.8 Å². The van der Waals surface area contributed by atoms with Gasteiger partial charge in [-0.3, -0.25) is 5.32 Å². The molecule has 1 atom stereocenters. The van der Waals surface area contributed by atoms with Gasteiger partial charge in [0.15, 0.2) is 5.72 Å². The van der Waals surface area contributed by atoms with Gasteiger partial charge in [0.1, 0.15) is 0 Å². The molecule has 2 aromatic carbocycles. The zero-order chi connectivity index (χ0) is 14.5. The Bertz CT molecular complexity index is 587. The van der Waals surface area contributed by atoms with E-state index in [1.807, 2.05) is 11.8 Å². The van der Waals surface area contributed by atoms with E-state index in [0.717, 1.165) is 31.1 Å². The molecule has 1 unspecified atom stereocenters. The number of fused-ring (bicyclic) bond motifs is 1. The van der Waals surface area contributed by atoms with Gasteiger partial charge in [0.25, 0.3) is 0 Å². The second kappa shape index (κ2) is 6.82. The number of benzene rings is 2. The fraction of sp³-hybridized carbons (Fsp3) is 0.444. The van der Waals surface area contributed by atoms with Gasteiger partial charge >= 0.3 is 0 Å². The highest BCUT2D eigenvalue weighted by Crippen LogP contribution is 2.35. The summed E-state index contributed by atoms with van der Waals surface area (Å²) in [5.74, 6) is 2.13. The van der Waals surface area contributed by atoms with Crippen molar-refractivity contribution in [2.75, 3.05) is 24.7 Å². The Morgan fingerprint density at radius 3 is 2.86 bits per heavy atom. The first-order valence-electron chi connectivity index (χ1n) is 7.81. The van der Waals surface area contributed by atoms with Gasteiger partial charge in [-0.05, 0) is 17.2 Å². The molecular formula is C18H23NOS. The lowest BCUT2D eigenvalue weighted by atomic mass is 9.96. The number of ether oxygens (including phenoxy) is 1. The summed E-state index contributed by atoms with van der Waals surface area (Å²) in [5.41, 5.74) is 0.947. The average molecular weight is 301 g/mol. The van der Waals surface area contributed by atoms with Crippen LogP contribution in [0, 0.1) is 0 Å². The predicted molar refractivity (Wildman–Crippen MR) is 91.8 cm³/mol. The summed E-state index contributed by atoms with van der Waals surface area (Å²) in [6, 6.07) is 15.1. The molecule has 3 heteroatoms. The summed E-state index contributed by atoms with van der Waals surface area (Å²) < 4.78 is 6.37.